The van der Waals surface area contributed by atoms with Crippen LogP contribution in [0, 0.1) is 0 Å². The number of carbonyl (C=O) groups excluding carboxylic acids is 1. The topological polar surface area (TPSA) is 29.1 Å². The number of ketones is 1. The molecule has 0 spiro atoms. The molecule has 122 valence electrons. The van der Waals surface area contributed by atoms with Gasteiger partial charge >= 0.3 is 0 Å². The molecule has 1 heterocycles. The summed E-state index contributed by atoms with van der Waals surface area (Å²) in [5, 5.41) is 4.09. The van der Waals surface area contributed by atoms with Crippen molar-refractivity contribution in [3.8, 4) is 0 Å². The van der Waals surface area contributed by atoms with Crippen molar-refractivity contribution in [1.29, 1.82) is 0 Å². The minimum absolute atomic E-state index is 0.0246. The minimum Gasteiger partial charge on any atom is -0.354 e. The smallest absolute Gasteiger partial charge is 0.185 e. The van der Waals surface area contributed by atoms with Gasteiger partial charge in [0, 0.05) is 20.4 Å². The SMILES string of the molecule is O=C(C=Cc1ccc(Cl)cc1)c1ccc2c(c1)Nc1ccccc1S2. The van der Waals surface area contributed by atoms with Crippen LogP contribution in [0.15, 0.2) is 82.6 Å². The van der Waals surface area contributed by atoms with Crippen molar-refractivity contribution < 1.29 is 4.79 Å². The number of hydrogen-bond acceptors (Lipinski definition) is 3. The van der Waals surface area contributed by atoms with Crippen LogP contribution in [0.3, 0.4) is 0 Å². The second kappa shape index (κ2) is 6.79. The quantitative estimate of drug-likeness (QED) is 0.335. The molecular weight excluding hydrogens is 350 g/mol. The normalized spacial score (nSPS) is 12.4. The van der Waals surface area contributed by atoms with E-state index in [1.54, 1.807) is 23.9 Å². The molecule has 1 aliphatic rings. The van der Waals surface area contributed by atoms with Crippen LogP contribution < -0.4 is 5.32 Å². The van der Waals surface area contributed by atoms with E-state index in [2.05, 4.69) is 11.4 Å². The van der Waals surface area contributed by atoms with Crippen LogP contribution in [0.25, 0.3) is 6.08 Å². The maximum atomic E-state index is 12.5. The number of fused-ring (bicyclic) bond motifs is 2. The van der Waals surface area contributed by atoms with Gasteiger partial charge in [-0.05, 0) is 54.1 Å². The predicted molar refractivity (Wildman–Crippen MR) is 105 cm³/mol. The predicted octanol–water partition coefficient (Wildman–Crippen LogP) is 6.44. The summed E-state index contributed by atoms with van der Waals surface area (Å²) in [7, 11) is 0. The molecule has 1 N–H and O–H groups in total. The zero-order valence-corrected chi connectivity index (χ0v) is 14.8. The second-order valence-corrected chi connectivity index (χ2v) is 7.20. The highest BCUT2D eigenvalue weighted by atomic mass is 35.5. The first kappa shape index (κ1) is 16.0. The minimum atomic E-state index is -0.0246. The molecule has 0 saturated heterocycles. The molecule has 0 fully saturated rings. The van der Waals surface area contributed by atoms with Gasteiger partial charge < -0.3 is 5.32 Å². The first-order valence-corrected chi connectivity index (χ1v) is 9.04. The molecule has 0 aliphatic carbocycles. The van der Waals surface area contributed by atoms with Gasteiger partial charge in [0.25, 0.3) is 0 Å². The van der Waals surface area contributed by atoms with Crippen LogP contribution in [0.5, 0.6) is 0 Å². The molecule has 3 aromatic rings. The van der Waals surface area contributed by atoms with Crippen molar-refractivity contribution in [1.82, 2.24) is 0 Å². The van der Waals surface area contributed by atoms with Crippen molar-refractivity contribution in [3.05, 3.63) is 89.0 Å². The molecule has 0 aromatic heterocycles. The van der Waals surface area contributed by atoms with E-state index in [4.69, 9.17) is 11.6 Å². The van der Waals surface area contributed by atoms with Crippen LogP contribution in [0.2, 0.25) is 5.02 Å². The van der Waals surface area contributed by atoms with Crippen molar-refractivity contribution in [2.75, 3.05) is 5.32 Å². The first-order chi connectivity index (χ1) is 12.2. The van der Waals surface area contributed by atoms with Gasteiger partial charge in [0.05, 0.1) is 11.4 Å². The molecule has 1 aliphatic heterocycles. The number of hydrogen-bond donors (Lipinski definition) is 1. The lowest BCUT2D eigenvalue weighted by atomic mass is 10.1. The Morgan fingerprint density at radius 3 is 2.52 bits per heavy atom. The fraction of sp³-hybridized carbons (Fsp3) is 0. The van der Waals surface area contributed by atoms with Crippen molar-refractivity contribution in [2.45, 2.75) is 9.79 Å². The van der Waals surface area contributed by atoms with Gasteiger partial charge in [0.1, 0.15) is 0 Å². The highest BCUT2D eigenvalue weighted by Gasteiger charge is 2.16. The zero-order chi connectivity index (χ0) is 17.2. The maximum absolute atomic E-state index is 12.5. The third kappa shape index (κ3) is 3.48. The summed E-state index contributed by atoms with van der Waals surface area (Å²) in [5.74, 6) is -0.0246. The van der Waals surface area contributed by atoms with Gasteiger partial charge in [-0.1, -0.05) is 53.7 Å². The van der Waals surface area contributed by atoms with E-state index in [1.807, 2.05) is 60.7 Å². The number of para-hydroxylation sites is 1. The lowest BCUT2D eigenvalue weighted by molar-refractivity contribution is 0.104. The van der Waals surface area contributed by atoms with E-state index in [0.29, 0.717) is 10.6 Å². The van der Waals surface area contributed by atoms with Crippen molar-refractivity contribution >= 4 is 46.6 Å². The van der Waals surface area contributed by atoms with E-state index >= 15 is 0 Å². The van der Waals surface area contributed by atoms with Gasteiger partial charge in [-0.2, -0.15) is 0 Å². The number of halogens is 1. The largest absolute Gasteiger partial charge is 0.354 e. The Morgan fingerprint density at radius 2 is 1.68 bits per heavy atom. The summed E-state index contributed by atoms with van der Waals surface area (Å²) in [4.78, 5) is 14.8. The molecule has 0 unspecified atom stereocenters. The van der Waals surface area contributed by atoms with Crippen LogP contribution in [0.4, 0.5) is 11.4 Å². The summed E-state index contributed by atoms with van der Waals surface area (Å²) in [6, 6.07) is 21.3. The average Bonchev–Trinajstić information content (AvgIpc) is 2.65. The Bertz CT molecular complexity index is 979. The molecule has 0 atom stereocenters. The molecule has 0 amide bonds. The zero-order valence-electron chi connectivity index (χ0n) is 13.2. The molecular formula is C21H14ClNOS. The monoisotopic (exact) mass is 363 g/mol. The van der Waals surface area contributed by atoms with Crippen molar-refractivity contribution in [3.63, 3.8) is 0 Å². The van der Waals surface area contributed by atoms with Gasteiger partial charge in [0.15, 0.2) is 5.78 Å². The van der Waals surface area contributed by atoms with E-state index in [-0.39, 0.29) is 5.78 Å². The number of benzene rings is 3. The van der Waals surface area contributed by atoms with Crippen LogP contribution in [-0.2, 0) is 0 Å². The summed E-state index contributed by atoms with van der Waals surface area (Å²) < 4.78 is 0. The Kier molecular flexibility index (Phi) is 4.35. The van der Waals surface area contributed by atoms with E-state index in [0.717, 1.165) is 21.8 Å². The van der Waals surface area contributed by atoms with Gasteiger partial charge in [-0.3, -0.25) is 4.79 Å². The summed E-state index contributed by atoms with van der Waals surface area (Å²) in [5.41, 5.74) is 3.64. The molecule has 0 radical (unpaired) electrons. The Labute approximate surface area is 155 Å². The fourth-order valence-corrected chi connectivity index (χ4v) is 3.73. The molecule has 0 bridgehead atoms. The molecule has 2 nitrogen and oxygen atoms in total. The molecule has 4 rings (SSSR count). The number of carbonyl (C=O) groups is 1. The van der Waals surface area contributed by atoms with E-state index in [1.165, 1.54) is 4.90 Å². The average molecular weight is 364 g/mol. The highest BCUT2D eigenvalue weighted by Crippen LogP contribution is 2.44. The third-order valence-corrected chi connectivity index (χ3v) is 5.34. The number of anilines is 2. The lowest BCUT2D eigenvalue weighted by Crippen LogP contribution is -2.02. The van der Waals surface area contributed by atoms with E-state index in [9.17, 15) is 4.79 Å². The van der Waals surface area contributed by atoms with E-state index < -0.39 is 0 Å². The van der Waals surface area contributed by atoms with Crippen LogP contribution in [0.1, 0.15) is 15.9 Å². The van der Waals surface area contributed by atoms with Crippen LogP contribution in [-0.4, -0.2) is 5.78 Å². The molecule has 3 aromatic carbocycles. The lowest BCUT2D eigenvalue weighted by Gasteiger charge is -2.20. The van der Waals surface area contributed by atoms with Crippen molar-refractivity contribution in [2.24, 2.45) is 0 Å². The third-order valence-electron chi connectivity index (χ3n) is 3.94. The summed E-state index contributed by atoms with van der Waals surface area (Å²) in [6.07, 6.45) is 3.39. The van der Waals surface area contributed by atoms with Gasteiger partial charge in [-0.25, -0.2) is 0 Å². The second-order valence-electron chi connectivity index (χ2n) is 5.68. The highest BCUT2D eigenvalue weighted by molar-refractivity contribution is 7.99. The standard InChI is InChI=1S/C21H14ClNOS/c22-16-9-5-14(6-10-16)7-11-19(24)15-8-12-21-18(13-15)23-17-3-1-2-4-20(17)25-21/h1-13,23H. The number of nitrogens with one attached hydrogen (secondary N) is 1. The number of rotatable bonds is 3. The van der Waals surface area contributed by atoms with Crippen LogP contribution >= 0.6 is 23.4 Å². The fourth-order valence-electron chi connectivity index (χ4n) is 2.63. The molecule has 4 heteroatoms. The summed E-state index contributed by atoms with van der Waals surface area (Å²) in [6.45, 7) is 0. The Morgan fingerprint density at radius 1 is 0.920 bits per heavy atom. The summed E-state index contributed by atoms with van der Waals surface area (Å²) >= 11 is 7.58. The number of allylic oxidation sites excluding steroid dienone is 1. The maximum Gasteiger partial charge on any atom is 0.185 e. The Balaban J connectivity index is 1.56. The molecule has 25 heavy (non-hydrogen) atoms. The van der Waals surface area contributed by atoms with Gasteiger partial charge in [-0.15, -0.1) is 0 Å². The van der Waals surface area contributed by atoms with Gasteiger partial charge in [0.2, 0.25) is 0 Å². The Hall–Kier alpha value is -2.49. The molecule has 0 saturated carbocycles. The first-order valence-electron chi connectivity index (χ1n) is 7.85.